The summed E-state index contributed by atoms with van der Waals surface area (Å²) in [5, 5.41) is 10.2. The molecule has 1 aliphatic heterocycles. The maximum absolute atomic E-state index is 12.2. The molecule has 2 aromatic rings. The summed E-state index contributed by atoms with van der Waals surface area (Å²) in [6, 6.07) is 3.89. The maximum atomic E-state index is 12.2. The fourth-order valence-electron chi connectivity index (χ4n) is 3.03. The van der Waals surface area contributed by atoms with E-state index in [1.807, 2.05) is 26.0 Å². The van der Waals surface area contributed by atoms with Gasteiger partial charge in [-0.1, -0.05) is 0 Å². The third-order valence-electron chi connectivity index (χ3n) is 4.26. The molecule has 2 aromatic heterocycles. The molecule has 1 fully saturated rings. The van der Waals surface area contributed by atoms with Crippen LogP contribution in [0.2, 0.25) is 0 Å². The lowest BCUT2D eigenvalue weighted by molar-refractivity contribution is -0.122. The van der Waals surface area contributed by atoms with Crippen LogP contribution < -0.4 is 10.2 Å². The molecule has 0 aromatic carbocycles. The smallest absolute Gasteiger partial charge is 0.234 e. The molecule has 3 rings (SSSR count). The maximum Gasteiger partial charge on any atom is 0.234 e. The Labute approximate surface area is 147 Å². The summed E-state index contributed by atoms with van der Waals surface area (Å²) >= 11 is 0. The molecule has 134 valence electrons. The van der Waals surface area contributed by atoms with Gasteiger partial charge in [0.2, 0.25) is 11.9 Å². The monoisotopic (exact) mass is 343 g/mol. The highest BCUT2D eigenvalue weighted by Gasteiger charge is 2.21. The number of rotatable bonds is 6. The van der Waals surface area contributed by atoms with E-state index in [1.165, 1.54) is 0 Å². The second-order valence-corrected chi connectivity index (χ2v) is 6.53. The van der Waals surface area contributed by atoms with Crippen molar-refractivity contribution in [1.29, 1.82) is 0 Å². The molecule has 3 heterocycles. The van der Waals surface area contributed by atoms with E-state index in [0.717, 1.165) is 49.9 Å². The number of hydrogen-bond acceptors (Lipinski definition) is 6. The van der Waals surface area contributed by atoms with Crippen LogP contribution in [0.4, 0.5) is 5.95 Å². The van der Waals surface area contributed by atoms with Crippen molar-refractivity contribution >= 4 is 11.9 Å². The van der Waals surface area contributed by atoms with Crippen LogP contribution in [0, 0.1) is 6.92 Å². The topological polar surface area (TPSA) is 90.0 Å². The lowest BCUT2D eigenvalue weighted by atomic mass is 10.2. The molecule has 1 atom stereocenters. The van der Waals surface area contributed by atoms with Gasteiger partial charge in [0.1, 0.15) is 0 Å². The summed E-state index contributed by atoms with van der Waals surface area (Å²) < 4.78 is 0. The average molecular weight is 343 g/mol. The Balaban J connectivity index is 1.40. The number of nitrogens with one attached hydrogen (secondary N) is 2. The van der Waals surface area contributed by atoms with Crippen molar-refractivity contribution in [2.75, 3.05) is 37.6 Å². The van der Waals surface area contributed by atoms with E-state index < -0.39 is 0 Å². The first kappa shape index (κ1) is 17.3. The van der Waals surface area contributed by atoms with Gasteiger partial charge in [0.25, 0.3) is 0 Å². The van der Waals surface area contributed by atoms with Crippen molar-refractivity contribution in [3.63, 3.8) is 0 Å². The first-order valence-electron chi connectivity index (χ1n) is 8.65. The number of carbonyl (C=O) groups excluding carboxylic acids is 1. The van der Waals surface area contributed by atoms with Gasteiger partial charge in [-0.2, -0.15) is 5.10 Å². The predicted octanol–water partition coefficient (Wildman–Crippen LogP) is 0.378. The molecule has 8 heteroatoms. The Morgan fingerprint density at radius 2 is 2.00 bits per heavy atom. The first-order chi connectivity index (χ1) is 12.1. The third kappa shape index (κ3) is 4.99. The number of nitrogens with zero attached hydrogens (tertiary/aromatic N) is 5. The highest BCUT2D eigenvalue weighted by atomic mass is 16.2. The van der Waals surface area contributed by atoms with Gasteiger partial charge in [-0.15, -0.1) is 0 Å². The SMILES string of the molecule is Cc1cc(CC(C)NC(=O)CN2CCN(c3ncccn3)CC2)n[nH]1. The van der Waals surface area contributed by atoms with Gasteiger partial charge < -0.3 is 10.2 Å². The van der Waals surface area contributed by atoms with E-state index in [0.29, 0.717) is 6.54 Å². The van der Waals surface area contributed by atoms with E-state index in [-0.39, 0.29) is 11.9 Å². The Morgan fingerprint density at radius 3 is 2.64 bits per heavy atom. The number of aromatic amines is 1. The Kier molecular flexibility index (Phi) is 5.60. The highest BCUT2D eigenvalue weighted by molar-refractivity contribution is 5.78. The molecule has 0 aliphatic carbocycles. The minimum absolute atomic E-state index is 0.0594. The highest BCUT2D eigenvalue weighted by Crippen LogP contribution is 2.09. The number of aromatic nitrogens is 4. The van der Waals surface area contributed by atoms with Crippen molar-refractivity contribution in [3.8, 4) is 0 Å². The van der Waals surface area contributed by atoms with E-state index >= 15 is 0 Å². The number of anilines is 1. The second kappa shape index (κ2) is 8.06. The molecule has 0 bridgehead atoms. The van der Waals surface area contributed by atoms with E-state index in [1.54, 1.807) is 12.4 Å². The van der Waals surface area contributed by atoms with Crippen LogP contribution in [0.15, 0.2) is 24.5 Å². The normalized spacial score (nSPS) is 16.6. The zero-order valence-electron chi connectivity index (χ0n) is 14.8. The Hall–Kier alpha value is -2.48. The van der Waals surface area contributed by atoms with Crippen molar-refractivity contribution in [3.05, 3.63) is 35.9 Å². The summed E-state index contributed by atoms with van der Waals surface area (Å²) in [6.45, 7) is 7.73. The van der Waals surface area contributed by atoms with Crippen molar-refractivity contribution < 1.29 is 4.79 Å². The number of carbonyl (C=O) groups is 1. The number of aryl methyl sites for hydroxylation is 1. The van der Waals surface area contributed by atoms with E-state index in [9.17, 15) is 4.79 Å². The summed E-state index contributed by atoms with van der Waals surface area (Å²) in [5.74, 6) is 0.818. The molecule has 25 heavy (non-hydrogen) atoms. The Morgan fingerprint density at radius 1 is 1.28 bits per heavy atom. The van der Waals surface area contributed by atoms with Crippen LogP contribution in [0.5, 0.6) is 0 Å². The molecular formula is C17H25N7O. The quantitative estimate of drug-likeness (QED) is 0.788. The van der Waals surface area contributed by atoms with E-state index in [2.05, 4.69) is 35.3 Å². The predicted molar refractivity (Wildman–Crippen MR) is 95.3 cm³/mol. The molecule has 0 spiro atoms. The zero-order chi connectivity index (χ0) is 17.6. The van der Waals surface area contributed by atoms with Crippen LogP contribution in [-0.4, -0.2) is 69.7 Å². The first-order valence-corrected chi connectivity index (χ1v) is 8.65. The summed E-state index contributed by atoms with van der Waals surface area (Å²) in [6.07, 6.45) is 4.24. The van der Waals surface area contributed by atoms with Crippen molar-refractivity contribution in [2.45, 2.75) is 26.3 Å². The van der Waals surface area contributed by atoms with Gasteiger partial charge in [0.05, 0.1) is 12.2 Å². The molecule has 0 saturated carbocycles. The third-order valence-corrected chi connectivity index (χ3v) is 4.26. The zero-order valence-corrected chi connectivity index (χ0v) is 14.8. The lowest BCUT2D eigenvalue weighted by Gasteiger charge is -2.34. The number of hydrogen-bond donors (Lipinski definition) is 2. The molecule has 1 amide bonds. The Bertz CT molecular complexity index is 679. The number of piperazine rings is 1. The van der Waals surface area contributed by atoms with Gasteiger partial charge in [-0.3, -0.25) is 14.8 Å². The van der Waals surface area contributed by atoms with Crippen LogP contribution >= 0.6 is 0 Å². The van der Waals surface area contributed by atoms with E-state index in [4.69, 9.17) is 0 Å². The molecule has 2 N–H and O–H groups in total. The lowest BCUT2D eigenvalue weighted by Crippen LogP contribution is -2.50. The average Bonchev–Trinajstić information content (AvgIpc) is 3.01. The molecule has 0 radical (unpaired) electrons. The minimum atomic E-state index is 0.0594. The van der Waals surface area contributed by atoms with Crippen molar-refractivity contribution in [1.82, 2.24) is 30.4 Å². The second-order valence-electron chi connectivity index (χ2n) is 6.53. The van der Waals surface area contributed by atoms with Gasteiger partial charge in [-0.25, -0.2) is 9.97 Å². The van der Waals surface area contributed by atoms with Gasteiger partial charge in [-0.05, 0) is 26.0 Å². The van der Waals surface area contributed by atoms with Gasteiger partial charge in [0.15, 0.2) is 0 Å². The summed E-state index contributed by atoms with van der Waals surface area (Å²) in [7, 11) is 0. The molecular weight excluding hydrogens is 318 g/mol. The van der Waals surface area contributed by atoms with Crippen molar-refractivity contribution in [2.24, 2.45) is 0 Å². The molecule has 8 nitrogen and oxygen atoms in total. The van der Waals surface area contributed by atoms with Crippen LogP contribution in [0.1, 0.15) is 18.3 Å². The van der Waals surface area contributed by atoms with Gasteiger partial charge in [0, 0.05) is 56.7 Å². The fourth-order valence-corrected chi connectivity index (χ4v) is 3.03. The van der Waals surface area contributed by atoms with Gasteiger partial charge >= 0.3 is 0 Å². The molecule has 1 saturated heterocycles. The summed E-state index contributed by atoms with van der Waals surface area (Å²) in [4.78, 5) is 25.1. The van der Waals surface area contributed by atoms with Crippen LogP contribution in [0.3, 0.4) is 0 Å². The molecule has 1 unspecified atom stereocenters. The largest absolute Gasteiger partial charge is 0.352 e. The molecule has 1 aliphatic rings. The number of amides is 1. The summed E-state index contributed by atoms with van der Waals surface area (Å²) in [5.41, 5.74) is 2.01. The van der Waals surface area contributed by atoms with Crippen LogP contribution in [0.25, 0.3) is 0 Å². The minimum Gasteiger partial charge on any atom is -0.352 e. The standard InChI is InChI=1S/C17H25N7O/c1-13(10-15-11-14(2)21-22-15)20-16(25)12-23-6-8-24(9-7-23)17-18-4-3-5-19-17/h3-5,11,13H,6-10,12H2,1-2H3,(H,20,25)(H,21,22). The fraction of sp³-hybridized carbons (Fsp3) is 0.529. The van der Waals surface area contributed by atoms with Crippen LogP contribution in [-0.2, 0) is 11.2 Å². The number of H-pyrrole nitrogens is 1.